The second-order valence-electron chi connectivity index (χ2n) is 10.5. The molecule has 35 heavy (non-hydrogen) atoms. The lowest BCUT2D eigenvalue weighted by molar-refractivity contribution is -0.156. The molecular formula is C27H36ClN3O4. The molecule has 2 aromatic carbocycles. The van der Waals surface area contributed by atoms with Gasteiger partial charge in [-0.05, 0) is 54.2 Å². The fourth-order valence-electron chi connectivity index (χ4n) is 4.72. The van der Waals surface area contributed by atoms with E-state index < -0.39 is 29.0 Å². The first-order chi connectivity index (χ1) is 16.3. The topological polar surface area (TPSA) is 116 Å². The van der Waals surface area contributed by atoms with E-state index >= 15 is 0 Å². The van der Waals surface area contributed by atoms with Crippen LogP contribution in [-0.4, -0.2) is 52.1 Å². The number of nitrogens with zero attached hydrogens (tertiary/aromatic N) is 1. The van der Waals surface area contributed by atoms with Gasteiger partial charge in [0.05, 0.1) is 11.6 Å². The van der Waals surface area contributed by atoms with Crippen LogP contribution in [0.4, 0.5) is 0 Å². The van der Waals surface area contributed by atoms with Crippen LogP contribution >= 0.6 is 11.6 Å². The van der Waals surface area contributed by atoms with Crippen molar-refractivity contribution in [3.63, 3.8) is 0 Å². The van der Waals surface area contributed by atoms with Crippen LogP contribution in [0, 0.1) is 11.3 Å². The third-order valence-electron chi connectivity index (χ3n) is 7.04. The van der Waals surface area contributed by atoms with Gasteiger partial charge in [-0.2, -0.15) is 0 Å². The molecule has 3 atom stereocenters. The van der Waals surface area contributed by atoms with Gasteiger partial charge in [0, 0.05) is 23.5 Å². The number of carbonyl (C=O) groups is 2. The van der Waals surface area contributed by atoms with Gasteiger partial charge in [-0.25, -0.2) is 0 Å². The molecule has 8 heteroatoms. The fraction of sp³-hybridized carbons (Fsp3) is 0.481. The molecule has 1 aliphatic rings. The number of phenolic OH excluding ortho intramolecular Hbond substituents is 1. The van der Waals surface area contributed by atoms with Crippen molar-refractivity contribution in [2.75, 3.05) is 13.1 Å². The van der Waals surface area contributed by atoms with Crippen LogP contribution in [-0.2, 0) is 21.6 Å². The van der Waals surface area contributed by atoms with Crippen molar-refractivity contribution >= 4 is 23.4 Å². The summed E-state index contributed by atoms with van der Waals surface area (Å²) in [5.74, 6) is -0.590. The summed E-state index contributed by atoms with van der Waals surface area (Å²) in [5.41, 5.74) is 5.97. The number of benzene rings is 2. The zero-order valence-corrected chi connectivity index (χ0v) is 21.5. The Morgan fingerprint density at radius 2 is 1.71 bits per heavy atom. The number of hydrogen-bond donors (Lipinski definition) is 4. The van der Waals surface area contributed by atoms with E-state index in [0.29, 0.717) is 24.5 Å². The Hall–Kier alpha value is -2.61. The molecule has 0 saturated carbocycles. The standard InChI is InChI=1S/C27H36ClN3O4/c1-17(2)23(30-24(33)22(29)15-18-5-11-21(32)12-6-18)25(34)31-14-13-27(35,26(3,4)16-31)19-7-9-20(28)10-8-19/h5-12,17,22-23,32,35H,13-16,29H2,1-4H3,(H,30,33)/t22-,23+,27-/m0/s1. The molecule has 2 aromatic rings. The van der Waals surface area contributed by atoms with Gasteiger partial charge >= 0.3 is 0 Å². The molecule has 0 aromatic heterocycles. The Bertz CT molecular complexity index is 1040. The number of phenols is 1. The zero-order chi connectivity index (χ0) is 26.0. The predicted octanol–water partition coefficient (Wildman–Crippen LogP) is 3.20. The highest BCUT2D eigenvalue weighted by Crippen LogP contribution is 2.46. The second kappa shape index (κ2) is 10.6. The minimum Gasteiger partial charge on any atom is -0.508 e. The molecule has 190 valence electrons. The van der Waals surface area contributed by atoms with E-state index in [1.165, 1.54) is 0 Å². The molecule has 0 bridgehead atoms. The first kappa shape index (κ1) is 27.0. The van der Waals surface area contributed by atoms with Crippen LogP contribution in [0.5, 0.6) is 5.75 Å². The molecule has 1 fully saturated rings. The summed E-state index contributed by atoms with van der Waals surface area (Å²) in [4.78, 5) is 28.1. The minimum absolute atomic E-state index is 0.143. The van der Waals surface area contributed by atoms with E-state index in [4.69, 9.17) is 17.3 Å². The molecule has 3 rings (SSSR count). The van der Waals surface area contributed by atoms with Crippen LogP contribution in [0.3, 0.4) is 0 Å². The summed E-state index contributed by atoms with van der Waals surface area (Å²) in [6.07, 6.45) is 0.655. The average molecular weight is 502 g/mol. The molecular weight excluding hydrogens is 466 g/mol. The van der Waals surface area contributed by atoms with Gasteiger partial charge in [0.1, 0.15) is 11.8 Å². The highest BCUT2D eigenvalue weighted by atomic mass is 35.5. The second-order valence-corrected chi connectivity index (χ2v) is 10.9. The lowest BCUT2D eigenvalue weighted by Crippen LogP contribution is -2.61. The lowest BCUT2D eigenvalue weighted by atomic mass is 9.66. The van der Waals surface area contributed by atoms with Crippen molar-refractivity contribution < 1.29 is 19.8 Å². The maximum absolute atomic E-state index is 13.5. The normalized spacial score (nSPS) is 21.4. The number of hydrogen-bond acceptors (Lipinski definition) is 5. The van der Waals surface area contributed by atoms with E-state index in [0.717, 1.165) is 11.1 Å². The van der Waals surface area contributed by atoms with Crippen molar-refractivity contribution in [3.8, 4) is 5.75 Å². The number of nitrogens with one attached hydrogen (secondary N) is 1. The first-order valence-corrected chi connectivity index (χ1v) is 12.3. The summed E-state index contributed by atoms with van der Waals surface area (Å²) in [7, 11) is 0. The van der Waals surface area contributed by atoms with Crippen LogP contribution in [0.15, 0.2) is 48.5 Å². The lowest BCUT2D eigenvalue weighted by Gasteiger charge is -2.51. The minimum atomic E-state index is -1.11. The number of aromatic hydroxyl groups is 1. The van der Waals surface area contributed by atoms with E-state index in [9.17, 15) is 19.8 Å². The quantitative estimate of drug-likeness (QED) is 0.465. The number of halogens is 1. The Balaban J connectivity index is 1.69. The monoisotopic (exact) mass is 501 g/mol. The van der Waals surface area contributed by atoms with Gasteiger partial charge in [0.15, 0.2) is 0 Å². The van der Waals surface area contributed by atoms with E-state index in [2.05, 4.69) is 5.32 Å². The van der Waals surface area contributed by atoms with Gasteiger partial charge in [-0.15, -0.1) is 0 Å². The maximum atomic E-state index is 13.5. The molecule has 0 radical (unpaired) electrons. The Kier molecular flexibility index (Phi) is 8.14. The largest absolute Gasteiger partial charge is 0.508 e. The average Bonchev–Trinajstić information content (AvgIpc) is 2.80. The molecule has 1 saturated heterocycles. The predicted molar refractivity (Wildman–Crippen MR) is 137 cm³/mol. The third kappa shape index (κ3) is 5.97. The molecule has 0 aliphatic carbocycles. The van der Waals surface area contributed by atoms with Crippen LogP contribution < -0.4 is 11.1 Å². The number of amides is 2. The van der Waals surface area contributed by atoms with Crippen LogP contribution in [0.2, 0.25) is 5.02 Å². The summed E-state index contributed by atoms with van der Waals surface area (Å²) < 4.78 is 0. The molecule has 0 spiro atoms. The van der Waals surface area contributed by atoms with E-state index in [1.807, 2.05) is 39.8 Å². The van der Waals surface area contributed by atoms with Crippen molar-refractivity contribution in [1.82, 2.24) is 10.2 Å². The summed E-state index contributed by atoms with van der Waals surface area (Å²) in [5, 5.41) is 24.5. The molecule has 0 unspecified atom stereocenters. The SMILES string of the molecule is CC(C)[C@@H](NC(=O)[C@@H](N)Cc1ccc(O)cc1)C(=O)N1CC[C@](O)(c2ccc(Cl)cc2)C(C)(C)C1. The van der Waals surface area contributed by atoms with Gasteiger partial charge < -0.3 is 26.2 Å². The fourth-order valence-corrected chi connectivity index (χ4v) is 4.85. The summed E-state index contributed by atoms with van der Waals surface area (Å²) in [6.45, 7) is 8.35. The molecule has 1 heterocycles. The number of carbonyl (C=O) groups excluding carboxylic acids is 2. The molecule has 5 N–H and O–H groups in total. The van der Waals surface area contributed by atoms with Crippen LogP contribution in [0.1, 0.15) is 45.2 Å². The molecule has 1 aliphatic heterocycles. The number of rotatable bonds is 7. The van der Waals surface area contributed by atoms with Gasteiger partial charge in [-0.3, -0.25) is 9.59 Å². The highest BCUT2D eigenvalue weighted by molar-refractivity contribution is 6.30. The maximum Gasteiger partial charge on any atom is 0.245 e. The summed E-state index contributed by atoms with van der Waals surface area (Å²) >= 11 is 6.02. The van der Waals surface area contributed by atoms with Crippen molar-refractivity contribution in [1.29, 1.82) is 0 Å². The molecule has 2 amide bonds. The molecule has 7 nitrogen and oxygen atoms in total. The number of aliphatic hydroxyl groups is 1. The first-order valence-electron chi connectivity index (χ1n) is 11.9. The Labute approximate surface area is 212 Å². The van der Waals surface area contributed by atoms with Crippen molar-refractivity contribution in [2.45, 2.75) is 58.2 Å². The number of nitrogens with two attached hydrogens (primary N) is 1. The van der Waals surface area contributed by atoms with E-state index in [-0.39, 0.29) is 24.0 Å². The van der Waals surface area contributed by atoms with Gasteiger partial charge in [0.25, 0.3) is 0 Å². The van der Waals surface area contributed by atoms with Gasteiger partial charge in [0.2, 0.25) is 11.8 Å². The Morgan fingerprint density at radius 3 is 2.26 bits per heavy atom. The smallest absolute Gasteiger partial charge is 0.245 e. The number of likely N-dealkylation sites (tertiary alicyclic amines) is 1. The van der Waals surface area contributed by atoms with E-state index in [1.54, 1.807) is 41.3 Å². The Morgan fingerprint density at radius 1 is 1.11 bits per heavy atom. The van der Waals surface area contributed by atoms with Crippen molar-refractivity contribution in [3.05, 3.63) is 64.7 Å². The van der Waals surface area contributed by atoms with Gasteiger partial charge in [-0.1, -0.05) is 63.6 Å². The third-order valence-corrected chi connectivity index (χ3v) is 7.29. The van der Waals surface area contributed by atoms with Crippen LogP contribution in [0.25, 0.3) is 0 Å². The van der Waals surface area contributed by atoms with Crippen molar-refractivity contribution in [2.24, 2.45) is 17.1 Å². The summed E-state index contributed by atoms with van der Waals surface area (Å²) in [6, 6.07) is 12.1. The number of piperidine rings is 1. The zero-order valence-electron chi connectivity index (χ0n) is 20.8. The highest BCUT2D eigenvalue weighted by Gasteiger charge is 2.50.